The van der Waals surface area contributed by atoms with Crippen LogP contribution < -0.4 is 0 Å². The SMILES string of the molecule is CC(c1nc2ccc(F)cc2c(Cl)c1-c1ccccn1)N1C(=O)c2ccccc2C1=O. The van der Waals surface area contributed by atoms with Crippen LogP contribution in [0.25, 0.3) is 22.2 Å². The molecule has 2 aromatic carbocycles. The Kier molecular flexibility index (Phi) is 4.52. The zero-order valence-electron chi connectivity index (χ0n) is 16.3. The number of hydrogen-bond donors (Lipinski definition) is 0. The molecule has 4 aromatic rings. The van der Waals surface area contributed by atoms with E-state index in [9.17, 15) is 14.0 Å². The second-order valence-corrected chi connectivity index (χ2v) is 7.64. The van der Waals surface area contributed by atoms with Crippen LogP contribution in [0.2, 0.25) is 5.02 Å². The zero-order valence-corrected chi connectivity index (χ0v) is 17.1. The second-order valence-electron chi connectivity index (χ2n) is 7.26. The average molecular weight is 432 g/mol. The van der Waals surface area contributed by atoms with Gasteiger partial charge >= 0.3 is 0 Å². The predicted octanol–water partition coefficient (Wildman–Crippen LogP) is 5.45. The predicted molar refractivity (Wildman–Crippen MR) is 115 cm³/mol. The Labute approximate surface area is 182 Å². The second kappa shape index (κ2) is 7.25. The molecule has 31 heavy (non-hydrogen) atoms. The monoisotopic (exact) mass is 431 g/mol. The number of benzene rings is 2. The quantitative estimate of drug-likeness (QED) is 0.405. The number of amides is 2. The van der Waals surface area contributed by atoms with Gasteiger partial charge < -0.3 is 0 Å². The number of halogens is 2. The fourth-order valence-corrected chi connectivity index (χ4v) is 4.30. The van der Waals surface area contributed by atoms with Crippen molar-refractivity contribution in [1.82, 2.24) is 14.9 Å². The highest BCUT2D eigenvalue weighted by atomic mass is 35.5. The van der Waals surface area contributed by atoms with Gasteiger partial charge in [0.2, 0.25) is 0 Å². The Morgan fingerprint density at radius 2 is 1.65 bits per heavy atom. The van der Waals surface area contributed by atoms with Crippen LogP contribution in [0.5, 0.6) is 0 Å². The van der Waals surface area contributed by atoms with Crippen molar-refractivity contribution in [2.45, 2.75) is 13.0 Å². The van der Waals surface area contributed by atoms with Crippen LogP contribution in [0.3, 0.4) is 0 Å². The van der Waals surface area contributed by atoms with Crippen molar-refractivity contribution in [3.8, 4) is 11.3 Å². The summed E-state index contributed by atoms with van der Waals surface area (Å²) in [6, 6.07) is 15.4. The molecule has 0 radical (unpaired) electrons. The first-order valence-corrected chi connectivity index (χ1v) is 10.0. The first kappa shape index (κ1) is 19.3. The maximum absolute atomic E-state index is 13.9. The minimum Gasteiger partial charge on any atom is -0.269 e. The molecule has 5 nitrogen and oxygen atoms in total. The Hall–Kier alpha value is -3.64. The van der Waals surface area contributed by atoms with E-state index in [-0.39, 0.29) is 5.02 Å². The van der Waals surface area contributed by atoms with Crippen LogP contribution >= 0.6 is 11.6 Å². The molecule has 0 aliphatic carbocycles. The van der Waals surface area contributed by atoms with Crippen LogP contribution in [0.15, 0.2) is 66.9 Å². The highest BCUT2D eigenvalue weighted by Gasteiger charge is 2.40. The molecule has 5 rings (SSSR count). The lowest BCUT2D eigenvalue weighted by molar-refractivity contribution is 0.0593. The van der Waals surface area contributed by atoms with Crippen molar-refractivity contribution in [3.63, 3.8) is 0 Å². The van der Waals surface area contributed by atoms with Gasteiger partial charge in [0.1, 0.15) is 5.82 Å². The molecular weight excluding hydrogens is 417 g/mol. The normalized spacial score (nSPS) is 14.2. The van der Waals surface area contributed by atoms with Crippen LogP contribution in [0.4, 0.5) is 4.39 Å². The Morgan fingerprint density at radius 1 is 0.968 bits per heavy atom. The molecular formula is C24H15ClFN3O2. The van der Waals surface area contributed by atoms with Gasteiger partial charge in [-0.3, -0.25) is 19.5 Å². The lowest BCUT2D eigenvalue weighted by atomic mass is 10.0. The maximum atomic E-state index is 13.9. The third-order valence-electron chi connectivity index (χ3n) is 5.44. The summed E-state index contributed by atoms with van der Waals surface area (Å²) in [6.07, 6.45) is 1.61. The molecule has 0 saturated heterocycles. The summed E-state index contributed by atoms with van der Waals surface area (Å²) in [6.45, 7) is 1.72. The van der Waals surface area contributed by atoms with Gasteiger partial charge in [-0.15, -0.1) is 0 Å². The fraction of sp³-hybridized carbons (Fsp3) is 0.0833. The summed E-state index contributed by atoms with van der Waals surface area (Å²) in [4.78, 5) is 36.3. The first-order chi connectivity index (χ1) is 15.0. The summed E-state index contributed by atoms with van der Waals surface area (Å²) in [5, 5.41) is 0.697. The van der Waals surface area contributed by atoms with Gasteiger partial charge in [0.25, 0.3) is 11.8 Å². The van der Waals surface area contributed by atoms with Gasteiger partial charge in [0.05, 0.1) is 39.1 Å². The van der Waals surface area contributed by atoms with E-state index in [0.717, 1.165) is 0 Å². The van der Waals surface area contributed by atoms with Crippen molar-refractivity contribution in [1.29, 1.82) is 0 Å². The largest absolute Gasteiger partial charge is 0.269 e. The maximum Gasteiger partial charge on any atom is 0.262 e. The van der Waals surface area contributed by atoms with Crippen LogP contribution in [-0.2, 0) is 0 Å². The van der Waals surface area contributed by atoms with E-state index in [1.807, 2.05) is 0 Å². The van der Waals surface area contributed by atoms with E-state index in [1.54, 1.807) is 55.6 Å². The van der Waals surface area contributed by atoms with Gasteiger partial charge in [-0.2, -0.15) is 0 Å². The van der Waals surface area contributed by atoms with Crippen LogP contribution in [0.1, 0.15) is 39.4 Å². The van der Waals surface area contributed by atoms with E-state index in [0.29, 0.717) is 39.0 Å². The van der Waals surface area contributed by atoms with Gasteiger partial charge in [0, 0.05) is 17.1 Å². The molecule has 2 aromatic heterocycles. The molecule has 0 saturated carbocycles. The van der Waals surface area contributed by atoms with Crippen molar-refractivity contribution < 1.29 is 14.0 Å². The summed E-state index contributed by atoms with van der Waals surface area (Å²) in [7, 11) is 0. The average Bonchev–Trinajstić information content (AvgIpc) is 3.04. The number of imide groups is 1. The molecule has 7 heteroatoms. The number of fused-ring (bicyclic) bond motifs is 2. The highest BCUT2D eigenvalue weighted by molar-refractivity contribution is 6.38. The van der Waals surface area contributed by atoms with Crippen molar-refractivity contribution >= 4 is 34.3 Å². The molecule has 1 aliphatic heterocycles. The molecule has 3 heterocycles. The first-order valence-electron chi connectivity index (χ1n) is 9.64. The lowest BCUT2D eigenvalue weighted by Gasteiger charge is -2.25. The Morgan fingerprint density at radius 3 is 2.29 bits per heavy atom. The summed E-state index contributed by atoms with van der Waals surface area (Å²) in [5.74, 6) is -1.22. The highest BCUT2D eigenvalue weighted by Crippen LogP contribution is 2.41. The molecule has 1 atom stereocenters. The number of aromatic nitrogens is 2. The smallest absolute Gasteiger partial charge is 0.262 e. The van der Waals surface area contributed by atoms with E-state index in [1.165, 1.54) is 23.1 Å². The number of carbonyl (C=O) groups is 2. The Bertz CT molecular complexity index is 1340. The molecule has 1 aliphatic rings. The third kappa shape index (κ3) is 2.99. The van der Waals surface area contributed by atoms with Gasteiger partial charge in [-0.05, 0) is 49.4 Å². The molecule has 0 spiro atoms. The molecule has 152 valence electrons. The van der Waals surface area contributed by atoms with E-state index in [2.05, 4.69) is 4.98 Å². The number of hydrogen-bond acceptors (Lipinski definition) is 4. The molecule has 0 N–H and O–H groups in total. The molecule has 1 unspecified atom stereocenters. The van der Waals surface area contributed by atoms with Crippen molar-refractivity contribution in [3.05, 3.63) is 94.5 Å². The third-order valence-corrected chi connectivity index (χ3v) is 5.83. The summed E-state index contributed by atoms with van der Waals surface area (Å²) in [5.41, 5.74) is 2.57. The number of nitrogens with zero attached hydrogens (tertiary/aromatic N) is 3. The summed E-state index contributed by atoms with van der Waals surface area (Å²) < 4.78 is 13.9. The van der Waals surface area contributed by atoms with Gasteiger partial charge in [0.15, 0.2) is 0 Å². The van der Waals surface area contributed by atoms with E-state index < -0.39 is 23.7 Å². The van der Waals surface area contributed by atoms with Crippen LogP contribution in [0, 0.1) is 5.82 Å². The van der Waals surface area contributed by atoms with E-state index >= 15 is 0 Å². The van der Waals surface area contributed by atoms with Crippen molar-refractivity contribution in [2.75, 3.05) is 0 Å². The number of pyridine rings is 2. The fourth-order valence-electron chi connectivity index (χ4n) is 3.95. The lowest BCUT2D eigenvalue weighted by Crippen LogP contribution is -2.33. The Balaban J connectivity index is 1.74. The number of rotatable bonds is 3. The summed E-state index contributed by atoms with van der Waals surface area (Å²) >= 11 is 6.73. The topological polar surface area (TPSA) is 63.2 Å². The van der Waals surface area contributed by atoms with Gasteiger partial charge in [-0.25, -0.2) is 9.37 Å². The molecule has 0 fully saturated rings. The van der Waals surface area contributed by atoms with Crippen LogP contribution in [-0.4, -0.2) is 26.7 Å². The van der Waals surface area contributed by atoms with Crippen molar-refractivity contribution in [2.24, 2.45) is 0 Å². The zero-order chi connectivity index (χ0) is 21.7. The molecule has 2 amide bonds. The van der Waals surface area contributed by atoms with Gasteiger partial charge in [-0.1, -0.05) is 29.8 Å². The minimum absolute atomic E-state index is 0.265. The standard InChI is InChI=1S/C24H15ClFN3O2/c1-13(29-23(30)15-6-2-3-7-16(15)24(29)31)22-20(19-8-4-5-11-27-19)21(25)17-12-14(26)9-10-18(17)28-22/h2-13H,1H3. The number of carbonyl (C=O) groups excluding carboxylic acids is 2. The minimum atomic E-state index is -0.726. The molecule has 0 bridgehead atoms. The van der Waals surface area contributed by atoms with E-state index in [4.69, 9.17) is 16.6 Å².